The van der Waals surface area contributed by atoms with Crippen LogP contribution in [0.25, 0.3) is 0 Å². The molecule has 3 heterocycles. The van der Waals surface area contributed by atoms with Crippen LogP contribution in [0.15, 0.2) is 18.3 Å². The van der Waals surface area contributed by atoms with Gasteiger partial charge in [0, 0.05) is 26.2 Å². The summed E-state index contributed by atoms with van der Waals surface area (Å²) >= 11 is 0. The molecule has 2 fully saturated rings. The van der Waals surface area contributed by atoms with E-state index in [0.717, 1.165) is 0 Å². The number of piperidine rings is 1. The van der Waals surface area contributed by atoms with Crippen LogP contribution >= 0.6 is 0 Å². The molecule has 1 aromatic heterocycles. The Morgan fingerprint density at radius 1 is 1.31 bits per heavy atom. The highest BCUT2D eigenvalue weighted by molar-refractivity contribution is 5.89. The second-order valence-electron chi connectivity index (χ2n) is 6.43. The number of hydrogen-bond donors (Lipinski definition) is 2. The molecule has 142 valence electrons. The maximum absolute atomic E-state index is 12.9. The quantitative estimate of drug-likeness (QED) is 0.832. The molecule has 1 unspecified atom stereocenters. The van der Waals surface area contributed by atoms with E-state index in [1.54, 1.807) is 12.1 Å². The van der Waals surface area contributed by atoms with E-state index in [9.17, 15) is 22.8 Å². The number of anilines is 2. The van der Waals surface area contributed by atoms with Gasteiger partial charge < -0.3 is 20.4 Å². The van der Waals surface area contributed by atoms with E-state index >= 15 is 0 Å². The second kappa shape index (κ2) is 7.38. The number of likely N-dealkylation sites (tertiary alicyclic amines) is 1. The van der Waals surface area contributed by atoms with Gasteiger partial charge in [0.15, 0.2) is 0 Å². The summed E-state index contributed by atoms with van der Waals surface area (Å²) < 4.78 is 38.6. The maximum Gasteiger partial charge on any atom is 0.393 e. The molecular weight excluding hydrogens is 351 g/mol. The Hall–Kier alpha value is -2.52. The van der Waals surface area contributed by atoms with E-state index in [1.165, 1.54) is 11.1 Å². The van der Waals surface area contributed by atoms with E-state index in [4.69, 9.17) is 0 Å². The van der Waals surface area contributed by atoms with Crippen LogP contribution in [-0.4, -0.2) is 60.7 Å². The predicted octanol–water partition coefficient (Wildman–Crippen LogP) is 1.82. The number of aromatic nitrogens is 1. The summed E-state index contributed by atoms with van der Waals surface area (Å²) in [5.74, 6) is -0.958. The zero-order chi connectivity index (χ0) is 18.7. The first kappa shape index (κ1) is 18.3. The van der Waals surface area contributed by atoms with E-state index < -0.39 is 18.1 Å². The molecule has 3 rings (SSSR count). The summed E-state index contributed by atoms with van der Waals surface area (Å²) in [7, 11) is 0. The molecule has 26 heavy (non-hydrogen) atoms. The lowest BCUT2D eigenvalue weighted by Crippen LogP contribution is -2.48. The predicted molar refractivity (Wildman–Crippen MR) is 88.8 cm³/mol. The van der Waals surface area contributed by atoms with Crippen molar-refractivity contribution in [3.05, 3.63) is 18.3 Å². The van der Waals surface area contributed by atoms with Crippen LogP contribution in [0.4, 0.5) is 29.5 Å². The van der Waals surface area contributed by atoms with Gasteiger partial charge in [-0.05, 0) is 25.0 Å². The lowest BCUT2D eigenvalue weighted by molar-refractivity contribution is -0.183. The number of halogens is 3. The van der Waals surface area contributed by atoms with E-state index in [-0.39, 0.29) is 25.4 Å². The first-order chi connectivity index (χ1) is 12.3. The van der Waals surface area contributed by atoms with Gasteiger partial charge in [-0.25, -0.2) is 9.78 Å². The van der Waals surface area contributed by atoms with Gasteiger partial charge in [0.2, 0.25) is 5.91 Å². The molecule has 0 aliphatic carbocycles. The van der Waals surface area contributed by atoms with Crippen molar-refractivity contribution in [2.75, 3.05) is 42.9 Å². The van der Waals surface area contributed by atoms with Gasteiger partial charge in [0.05, 0.1) is 24.3 Å². The third-order valence-electron chi connectivity index (χ3n) is 4.53. The van der Waals surface area contributed by atoms with Gasteiger partial charge in [0.25, 0.3) is 0 Å². The van der Waals surface area contributed by atoms with Gasteiger partial charge >= 0.3 is 12.2 Å². The Bertz CT molecular complexity index is 665. The van der Waals surface area contributed by atoms with Crippen LogP contribution in [0.2, 0.25) is 0 Å². The van der Waals surface area contributed by atoms with Gasteiger partial charge in [-0.1, -0.05) is 0 Å². The number of carbonyl (C=O) groups excluding carboxylic acids is 2. The van der Waals surface area contributed by atoms with Gasteiger partial charge in [-0.3, -0.25) is 4.79 Å². The number of urea groups is 1. The van der Waals surface area contributed by atoms with Crippen LogP contribution in [-0.2, 0) is 4.79 Å². The number of hydrogen-bond acceptors (Lipinski definition) is 4. The highest BCUT2D eigenvalue weighted by Crippen LogP contribution is 2.33. The number of alkyl halides is 3. The third-order valence-corrected chi connectivity index (χ3v) is 4.53. The Morgan fingerprint density at radius 3 is 2.77 bits per heavy atom. The molecular formula is C16H20F3N5O2. The number of piperazine rings is 1. The fraction of sp³-hybridized carbons (Fsp3) is 0.562. The summed E-state index contributed by atoms with van der Waals surface area (Å²) in [6.07, 6.45) is -2.48. The fourth-order valence-electron chi connectivity index (χ4n) is 3.11. The lowest BCUT2D eigenvalue weighted by Gasteiger charge is -2.33. The number of amides is 3. The fourth-order valence-corrected chi connectivity index (χ4v) is 3.11. The monoisotopic (exact) mass is 371 g/mol. The van der Waals surface area contributed by atoms with Crippen molar-refractivity contribution >= 4 is 23.4 Å². The van der Waals surface area contributed by atoms with Crippen molar-refractivity contribution < 1.29 is 22.8 Å². The largest absolute Gasteiger partial charge is 0.393 e. The minimum atomic E-state index is -4.29. The number of carbonyl (C=O) groups is 2. The average molecular weight is 371 g/mol. The minimum absolute atomic E-state index is 0.0486. The van der Waals surface area contributed by atoms with Crippen molar-refractivity contribution in [2.24, 2.45) is 5.92 Å². The summed E-state index contributed by atoms with van der Waals surface area (Å²) in [5, 5.41) is 5.30. The molecule has 2 N–H and O–H groups in total. The van der Waals surface area contributed by atoms with Crippen molar-refractivity contribution in [3.8, 4) is 0 Å². The standard InChI is InChI=1S/C16H20F3N5O2/c17-16(18,19)11-2-1-6-24(9-11)15(26)22-12-3-4-13(21-8-12)23-7-5-20-14(25)10-23/h3-4,8,11H,1-2,5-7,9-10H2,(H,20,25)(H,22,26). The van der Waals surface area contributed by atoms with Crippen LogP contribution in [0.3, 0.4) is 0 Å². The van der Waals surface area contributed by atoms with Crippen molar-refractivity contribution in [1.29, 1.82) is 0 Å². The van der Waals surface area contributed by atoms with E-state index in [2.05, 4.69) is 15.6 Å². The lowest BCUT2D eigenvalue weighted by atomic mass is 9.98. The smallest absolute Gasteiger partial charge is 0.353 e. The van der Waals surface area contributed by atoms with Crippen LogP contribution in [0, 0.1) is 5.92 Å². The average Bonchev–Trinajstić information content (AvgIpc) is 2.62. The molecule has 0 aromatic carbocycles. The Kier molecular flexibility index (Phi) is 5.19. The number of nitrogens with one attached hydrogen (secondary N) is 2. The van der Waals surface area contributed by atoms with Crippen molar-refractivity contribution in [3.63, 3.8) is 0 Å². The summed E-state index contributed by atoms with van der Waals surface area (Å²) in [4.78, 5) is 30.8. The van der Waals surface area contributed by atoms with Crippen molar-refractivity contribution in [2.45, 2.75) is 19.0 Å². The topological polar surface area (TPSA) is 77.6 Å². The zero-order valence-corrected chi connectivity index (χ0v) is 14.1. The normalized spacial score (nSPS) is 21.3. The SMILES string of the molecule is O=C1CN(c2ccc(NC(=O)N3CCCC(C(F)(F)F)C3)cn2)CCN1. The minimum Gasteiger partial charge on any atom is -0.353 e. The molecule has 1 aromatic rings. The molecule has 3 amide bonds. The zero-order valence-electron chi connectivity index (χ0n) is 14.1. The summed E-state index contributed by atoms with van der Waals surface area (Å²) in [6, 6.07) is 2.73. The van der Waals surface area contributed by atoms with E-state index in [0.29, 0.717) is 37.6 Å². The van der Waals surface area contributed by atoms with Crippen LogP contribution in [0.5, 0.6) is 0 Å². The maximum atomic E-state index is 12.9. The van der Waals surface area contributed by atoms with Crippen LogP contribution in [0.1, 0.15) is 12.8 Å². The summed E-state index contributed by atoms with van der Waals surface area (Å²) in [5.41, 5.74) is 0.398. The molecule has 0 saturated carbocycles. The molecule has 1 atom stereocenters. The van der Waals surface area contributed by atoms with Gasteiger partial charge in [-0.15, -0.1) is 0 Å². The highest BCUT2D eigenvalue weighted by Gasteiger charge is 2.42. The van der Waals surface area contributed by atoms with E-state index in [1.807, 2.05) is 4.90 Å². The van der Waals surface area contributed by atoms with Crippen molar-refractivity contribution in [1.82, 2.24) is 15.2 Å². The Balaban J connectivity index is 1.58. The molecule has 0 bridgehead atoms. The highest BCUT2D eigenvalue weighted by atomic mass is 19.4. The molecule has 10 heteroatoms. The summed E-state index contributed by atoms with van der Waals surface area (Å²) in [6.45, 7) is 1.35. The molecule has 0 spiro atoms. The Morgan fingerprint density at radius 2 is 2.12 bits per heavy atom. The third kappa shape index (κ3) is 4.36. The number of rotatable bonds is 2. The molecule has 0 radical (unpaired) electrons. The number of pyridine rings is 1. The Labute approximate surface area is 148 Å². The van der Waals surface area contributed by atoms with Crippen LogP contribution < -0.4 is 15.5 Å². The molecule has 2 saturated heterocycles. The first-order valence-electron chi connectivity index (χ1n) is 8.43. The molecule has 2 aliphatic rings. The van der Waals surface area contributed by atoms with Gasteiger partial charge in [-0.2, -0.15) is 13.2 Å². The molecule has 2 aliphatic heterocycles. The first-order valence-corrected chi connectivity index (χ1v) is 8.43. The number of nitrogens with zero attached hydrogens (tertiary/aromatic N) is 3. The molecule has 7 nitrogen and oxygen atoms in total. The van der Waals surface area contributed by atoms with Gasteiger partial charge in [0.1, 0.15) is 5.82 Å². The second-order valence-corrected chi connectivity index (χ2v) is 6.43.